The molecule has 1 unspecified atom stereocenters. The van der Waals surface area contributed by atoms with E-state index in [0.29, 0.717) is 12.3 Å². The summed E-state index contributed by atoms with van der Waals surface area (Å²) in [6.07, 6.45) is 3.40. The molecule has 0 aromatic heterocycles. The molecule has 1 rings (SSSR count). The van der Waals surface area contributed by atoms with Crippen molar-refractivity contribution < 1.29 is 8.78 Å². The maximum absolute atomic E-state index is 13.2. The fourth-order valence-corrected chi connectivity index (χ4v) is 2.22. The first kappa shape index (κ1) is 10.4. The molecule has 0 amide bonds. The lowest BCUT2D eigenvalue weighted by molar-refractivity contribution is 0.000798. The highest BCUT2D eigenvalue weighted by atomic mass is 79.9. The SMILES string of the molecule is C[C]1CCCCC(Br)CC1(F)F. The summed E-state index contributed by atoms with van der Waals surface area (Å²) in [5, 5.41) is 0. The van der Waals surface area contributed by atoms with E-state index < -0.39 is 5.92 Å². The first-order chi connectivity index (χ1) is 5.52. The van der Waals surface area contributed by atoms with Crippen molar-refractivity contribution in [3.63, 3.8) is 0 Å². The minimum atomic E-state index is -2.55. The van der Waals surface area contributed by atoms with E-state index in [-0.39, 0.29) is 11.2 Å². The monoisotopic (exact) mass is 239 g/mol. The average Bonchev–Trinajstić information content (AvgIpc) is 1.95. The van der Waals surface area contributed by atoms with Crippen LogP contribution in [0, 0.1) is 5.92 Å². The molecule has 1 fully saturated rings. The van der Waals surface area contributed by atoms with Crippen LogP contribution in [0.5, 0.6) is 0 Å². The molecular weight excluding hydrogens is 226 g/mol. The summed E-state index contributed by atoms with van der Waals surface area (Å²) in [6, 6.07) is 0. The molecule has 1 atom stereocenters. The van der Waals surface area contributed by atoms with Gasteiger partial charge in [-0.3, -0.25) is 0 Å². The van der Waals surface area contributed by atoms with Crippen molar-refractivity contribution in [3.05, 3.63) is 5.92 Å². The maximum Gasteiger partial charge on any atom is 0.255 e. The van der Waals surface area contributed by atoms with Gasteiger partial charge in [0.1, 0.15) is 0 Å². The zero-order valence-corrected chi connectivity index (χ0v) is 8.83. The van der Waals surface area contributed by atoms with E-state index >= 15 is 0 Å². The first-order valence-electron chi connectivity index (χ1n) is 4.37. The van der Waals surface area contributed by atoms with E-state index in [0.717, 1.165) is 19.3 Å². The summed E-state index contributed by atoms with van der Waals surface area (Å²) in [6.45, 7) is 1.57. The lowest BCUT2D eigenvalue weighted by atomic mass is 9.89. The molecule has 0 aromatic carbocycles. The van der Waals surface area contributed by atoms with E-state index in [9.17, 15) is 8.78 Å². The van der Waals surface area contributed by atoms with Crippen molar-refractivity contribution in [2.24, 2.45) is 0 Å². The lowest BCUT2D eigenvalue weighted by Crippen LogP contribution is -2.29. The molecule has 0 heterocycles. The molecule has 1 saturated carbocycles. The van der Waals surface area contributed by atoms with Crippen LogP contribution in [0.4, 0.5) is 8.78 Å². The van der Waals surface area contributed by atoms with Crippen molar-refractivity contribution in [1.82, 2.24) is 0 Å². The summed E-state index contributed by atoms with van der Waals surface area (Å²) in [4.78, 5) is -0.0113. The average molecular weight is 240 g/mol. The van der Waals surface area contributed by atoms with Crippen LogP contribution in [0.15, 0.2) is 0 Å². The van der Waals surface area contributed by atoms with Gasteiger partial charge < -0.3 is 0 Å². The number of hydrogen-bond acceptors (Lipinski definition) is 0. The number of alkyl halides is 3. The third kappa shape index (κ3) is 2.68. The van der Waals surface area contributed by atoms with Gasteiger partial charge in [0.15, 0.2) is 0 Å². The largest absolute Gasteiger partial charge is 0.255 e. The Morgan fingerprint density at radius 2 is 2.08 bits per heavy atom. The molecule has 0 saturated heterocycles. The minimum Gasteiger partial charge on any atom is -0.206 e. The van der Waals surface area contributed by atoms with Crippen molar-refractivity contribution in [1.29, 1.82) is 0 Å². The summed E-state index contributed by atoms with van der Waals surface area (Å²) < 4.78 is 26.4. The Morgan fingerprint density at radius 1 is 1.42 bits per heavy atom. The number of halogens is 3. The van der Waals surface area contributed by atoms with Gasteiger partial charge in [-0.05, 0) is 12.8 Å². The van der Waals surface area contributed by atoms with E-state index in [1.54, 1.807) is 6.92 Å². The van der Waals surface area contributed by atoms with Gasteiger partial charge in [-0.25, -0.2) is 8.78 Å². The van der Waals surface area contributed by atoms with Gasteiger partial charge >= 0.3 is 0 Å². The predicted molar refractivity (Wildman–Crippen MR) is 49.7 cm³/mol. The highest BCUT2D eigenvalue weighted by Crippen LogP contribution is 2.39. The third-order valence-electron chi connectivity index (χ3n) is 2.42. The summed E-state index contributed by atoms with van der Waals surface area (Å²) >= 11 is 3.28. The Kier molecular flexibility index (Phi) is 3.50. The Balaban J connectivity index is 2.57. The molecule has 0 aromatic rings. The molecule has 0 aliphatic heterocycles. The van der Waals surface area contributed by atoms with Crippen LogP contribution in [0.25, 0.3) is 0 Å². The molecule has 12 heavy (non-hydrogen) atoms. The molecule has 0 N–H and O–H groups in total. The third-order valence-corrected chi connectivity index (χ3v) is 3.20. The Bertz CT molecular complexity index is 147. The van der Waals surface area contributed by atoms with Crippen LogP contribution in [0.1, 0.15) is 39.0 Å². The molecule has 0 bridgehead atoms. The predicted octanol–water partition coefficient (Wildman–Crippen LogP) is 3.94. The van der Waals surface area contributed by atoms with Gasteiger partial charge in [-0.2, -0.15) is 0 Å². The highest BCUT2D eigenvalue weighted by Gasteiger charge is 2.39. The van der Waals surface area contributed by atoms with E-state index in [2.05, 4.69) is 15.9 Å². The molecule has 0 nitrogen and oxygen atoms in total. The fourth-order valence-electron chi connectivity index (χ4n) is 1.49. The highest BCUT2D eigenvalue weighted by molar-refractivity contribution is 9.09. The standard InChI is InChI=1S/C9H14BrF2/c1-7-4-2-3-5-8(10)6-9(7,11)12/h8H,2-6H2,1H3. The van der Waals surface area contributed by atoms with Crippen molar-refractivity contribution >= 4 is 15.9 Å². The van der Waals surface area contributed by atoms with Crippen LogP contribution in [0.2, 0.25) is 0 Å². The Hall–Kier alpha value is 0.340. The van der Waals surface area contributed by atoms with Crippen LogP contribution in [-0.2, 0) is 0 Å². The Labute approximate surface area is 80.9 Å². The topological polar surface area (TPSA) is 0 Å². The molecular formula is C9H14BrF2. The smallest absolute Gasteiger partial charge is 0.206 e. The molecule has 71 valence electrons. The number of rotatable bonds is 0. The second-order valence-corrected chi connectivity index (χ2v) is 4.83. The lowest BCUT2D eigenvalue weighted by Gasteiger charge is -2.27. The van der Waals surface area contributed by atoms with Crippen molar-refractivity contribution in [3.8, 4) is 0 Å². The van der Waals surface area contributed by atoms with Gasteiger partial charge in [-0.15, -0.1) is 0 Å². The molecule has 3 heteroatoms. The molecule has 1 aliphatic carbocycles. The fraction of sp³-hybridized carbons (Fsp3) is 0.889. The van der Waals surface area contributed by atoms with E-state index in [1.165, 1.54) is 0 Å². The van der Waals surface area contributed by atoms with Gasteiger partial charge in [0.2, 0.25) is 0 Å². The van der Waals surface area contributed by atoms with Gasteiger partial charge in [0.25, 0.3) is 5.92 Å². The van der Waals surface area contributed by atoms with Crippen LogP contribution >= 0.6 is 15.9 Å². The second-order valence-electron chi connectivity index (χ2n) is 3.53. The molecule has 1 radical (unpaired) electrons. The Morgan fingerprint density at radius 3 is 2.75 bits per heavy atom. The first-order valence-corrected chi connectivity index (χ1v) is 5.29. The van der Waals surface area contributed by atoms with Crippen LogP contribution in [-0.4, -0.2) is 10.7 Å². The maximum atomic E-state index is 13.2. The number of hydrogen-bond donors (Lipinski definition) is 0. The molecule has 1 aliphatic rings. The van der Waals surface area contributed by atoms with E-state index in [1.807, 2.05) is 0 Å². The normalized spacial score (nSPS) is 32.5. The summed E-state index contributed by atoms with van der Waals surface area (Å²) in [5.41, 5.74) is 0. The summed E-state index contributed by atoms with van der Waals surface area (Å²) in [5.74, 6) is -2.19. The summed E-state index contributed by atoms with van der Waals surface area (Å²) in [7, 11) is 0. The van der Waals surface area contributed by atoms with Gasteiger partial charge in [-0.1, -0.05) is 35.7 Å². The minimum absolute atomic E-state index is 0.0113. The van der Waals surface area contributed by atoms with Crippen LogP contribution < -0.4 is 0 Å². The van der Waals surface area contributed by atoms with Crippen molar-refractivity contribution in [2.75, 3.05) is 0 Å². The van der Waals surface area contributed by atoms with Crippen LogP contribution in [0.3, 0.4) is 0 Å². The molecule has 0 spiro atoms. The van der Waals surface area contributed by atoms with Gasteiger partial charge in [0, 0.05) is 17.2 Å². The quantitative estimate of drug-likeness (QED) is 0.562. The zero-order chi connectivity index (χ0) is 9.19. The van der Waals surface area contributed by atoms with Crippen molar-refractivity contribution in [2.45, 2.75) is 49.8 Å². The van der Waals surface area contributed by atoms with E-state index in [4.69, 9.17) is 0 Å². The second kappa shape index (κ2) is 4.03. The van der Waals surface area contributed by atoms with Gasteiger partial charge in [0.05, 0.1) is 0 Å². The zero-order valence-electron chi connectivity index (χ0n) is 7.25.